The van der Waals surface area contributed by atoms with E-state index in [0.717, 1.165) is 31.9 Å². The third-order valence-electron chi connectivity index (χ3n) is 5.97. The summed E-state index contributed by atoms with van der Waals surface area (Å²) in [6.07, 6.45) is 1.17. The smallest absolute Gasteiger partial charge is 0.120 e. The van der Waals surface area contributed by atoms with Crippen molar-refractivity contribution in [3.63, 3.8) is 0 Å². The summed E-state index contributed by atoms with van der Waals surface area (Å²) in [4.78, 5) is 2.63. The fourth-order valence-electron chi connectivity index (χ4n) is 4.44. The molecule has 4 heteroatoms. The highest BCUT2D eigenvalue weighted by atomic mass is 32.1. The Morgan fingerprint density at radius 1 is 0.903 bits per heavy atom. The molecule has 1 unspecified atom stereocenters. The molecular weight excluding hydrogens is 400 g/mol. The third kappa shape index (κ3) is 4.67. The Balaban J connectivity index is 1.49. The fourth-order valence-corrected chi connectivity index (χ4v) is 5.42. The molecular formula is C27H28N2OS. The van der Waals surface area contributed by atoms with E-state index in [1.165, 1.54) is 33.2 Å². The van der Waals surface area contributed by atoms with Crippen LogP contribution in [0.5, 0.6) is 5.75 Å². The van der Waals surface area contributed by atoms with E-state index in [4.69, 9.17) is 4.74 Å². The van der Waals surface area contributed by atoms with Crippen LogP contribution in [0.15, 0.2) is 84.2 Å². The summed E-state index contributed by atoms with van der Waals surface area (Å²) in [6.45, 7) is 4.85. The zero-order chi connectivity index (χ0) is 20.9. The van der Waals surface area contributed by atoms with Gasteiger partial charge in [0.25, 0.3) is 0 Å². The number of nitrogens with one attached hydrogen (secondary N) is 1. The van der Waals surface area contributed by atoms with Gasteiger partial charge < -0.3 is 10.1 Å². The van der Waals surface area contributed by atoms with E-state index in [0.29, 0.717) is 6.61 Å². The molecule has 2 heterocycles. The predicted octanol–water partition coefficient (Wildman–Crippen LogP) is 5.87. The minimum Gasteiger partial charge on any atom is -0.489 e. The normalized spacial score (nSPS) is 16.1. The van der Waals surface area contributed by atoms with Crippen molar-refractivity contribution >= 4 is 21.4 Å². The average Bonchev–Trinajstić information content (AvgIpc) is 3.05. The van der Waals surface area contributed by atoms with E-state index >= 15 is 0 Å². The number of hydrogen-bond acceptors (Lipinski definition) is 4. The molecule has 0 amide bonds. The standard InChI is InChI=1S/C27H28N2OS/c1-2-8-21(9-3-1)19-30-23-11-6-10-22(18-23)27(29-16-7-14-28-15-17-29)25-20-31-26-13-5-4-12-24(25)26/h1-6,8-13,18,20,27-28H,7,14-17,19H2. The van der Waals surface area contributed by atoms with Crippen molar-refractivity contribution < 1.29 is 4.74 Å². The van der Waals surface area contributed by atoms with Crippen LogP contribution in [-0.2, 0) is 6.61 Å². The maximum absolute atomic E-state index is 6.17. The average molecular weight is 429 g/mol. The number of hydrogen-bond donors (Lipinski definition) is 1. The quantitative estimate of drug-likeness (QED) is 0.416. The molecule has 1 aromatic heterocycles. The van der Waals surface area contributed by atoms with Gasteiger partial charge in [-0.05, 0) is 58.6 Å². The van der Waals surface area contributed by atoms with Crippen LogP contribution < -0.4 is 10.1 Å². The third-order valence-corrected chi connectivity index (χ3v) is 6.95. The van der Waals surface area contributed by atoms with E-state index in [1.807, 2.05) is 17.4 Å². The van der Waals surface area contributed by atoms with Crippen molar-refractivity contribution in [1.82, 2.24) is 10.2 Å². The molecule has 1 aliphatic heterocycles. The number of ether oxygens (including phenoxy) is 1. The molecule has 31 heavy (non-hydrogen) atoms. The van der Waals surface area contributed by atoms with Gasteiger partial charge >= 0.3 is 0 Å². The second kappa shape index (κ2) is 9.65. The van der Waals surface area contributed by atoms with Gasteiger partial charge in [0.2, 0.25) is 0 Å². The molecule has 0 bridgehead atoms. The monoisotopic (exact) mass is 428 g/mol. The van der Waals surface area contributed by atoms with Crippen LogP contribution in [0.4, 0.5) is 0 Å². The Morgan fingerprint density at radius 3 is 2.71 bits per heavy atom. The molecule has 1 aliphatic rings. The highest BCUT2D eigenvalue weighted by molar-refractivity contribution is 7.17. The lowest BCUT2D eigenvalue weighted by Gasteiger charge is -2.31. The largest absolute Gasteiger partial charge is 0.489 e. The van der Waals surface area contributed by atoms with Crippen LogP contribution in [0.25, 0.3) is 10.1 Å². The summed E-state index contributed by atoms with van der Waals surface area (Å²) >= 11 is 1.84. The summed E-state index contributed by atoms with van der Waals surface area (Å²) in [6, 6.07) is 28.1. The van der Waals surface area contributed by atoms with Gasteiger partial charge in [-0.25, -0.2) is 0 Å². The van der Waals surface area contributed by atoms with Crippen molar-refractivity contribution in [1.29, 1.82) is 0 Å². The summed E-state index contributed by atoms with van der Waals surface area (Å²) < 4.78 is 7.53. The molecule has 1 N–H and O–H groups in total. The molecule has 3 nitrogen and oxygen atoms in total. The number of rotatable bonds is 6. The molecule has 1 atom stereocenters. The van der Waals surface area contributed by atoms with E-state index in [9.17, 15) is 0 Å². The zero-order valence-corrected chi connectivity index (χ0v) is 18.5. The van der Waals surface area contributed by atoms with Gasteiger partial charge in [-0.2, -0.15) is 0 Å². The van der Waals surface area contributed by atoms with Crippen molar-refractivity contribution in [3.8, 4) is 5.75 Å². The predicted molar refractivity (Wildman–Crippen MR) is 130 cm³/mol. The molecule has 3 aromatic carbocycles. The van der Waals surface area contributed by atoms with Gasteiger partial charge in [0.15, 0.2) is 0 Å². The van der Waals surface area contributed by atoms with E-state index < -0.39 is 0 Å². The molecule has 158 valence electrons. The maximum atomic E-state index is 6.17. The zero-order valence-electron chi connectivity index (χ0n) is 17.7. The first-order valence-electron chi connectivity index (χ1n) is 11.1. The van der Waals surface area contributed by atoms with E-state index in [2.05, 4.69) is 88.4 Å². The first-order valence-corrected chi connectivity index (χ1v) is 11.9. The highest BCUT2D eigenvalue weighted by Gasteiger charge is 2.26. The molecule has 1 fully saturated rings. The van der Waals surface area contributed by atoms with Gasteiger partial charge in [0, 0.05) is 24.3 Å². The second-order valence-corrected chi connectivity index (χ2v) is 8.99. The number of benzene rings is 3. The Labute approximate surface area is 188 Å². The van der Waals surface area contributed by atoms with Gasteiger partial charge in [0.05, 0.1) is 6.04 Å². The molecule has 0 saturated carbocycles. The lowest BCUT2D eigenvalue weighted by atomic mass is 9.96. The molecule has 0 aliphatic carbocycles. The van der Waals surface area contributed by atoms with Gasteiger partial charge in [0.1, 0.15) is 12.4 Å². The van der Waals surface area contributed by atoms with Crippen LogP contribution >= 0.6 is 11.3 Å². The Kier molecular flexibility index (Phi) is 6.30. The van der Waals surface area contributed by atoms with Crippen molar-refractivity contribution in [2.75, 3.05) is 26.2 Å². The van der Waals surface area contributed by atoms with Crippen LogP contribution in [0, 0.1) is 0 Å². The van der Waals surface area contributed by atoms with Crippen LogP contribution in [0.1, 0.15) is 29.2 Å². The van der Waals surface area contributed by atoms with E-state index in [-0.39, 0.29) is 6.04 Å². The maximum Gasteiger partial charge on any atom is 0.120 e. The van der Waals surface area contributed by atoms with Gasteiger partial charge in [-0.3, -0.25) is 4.90 Å². The van der Waals surface area contributed by atoms with Crippen molar-refractivity contribution in [3.05, 3.63) is 101 Å². The minimum absolute atomic E-state index is 0.233. The van der Waals surface area contributed by atoms with Crippen molar-refractivity contribution in [2.24, 2.45) is 0 Å². The Morgan fingerprint density at radius 2 is 1.77 bits per heavy atom. The Hall–Kier alpha value is -2.66. The molecule has 0 radical (unpaired) electrons. The number of fused-ring (bicyclic) bond motifs is 1. The fraction of sp³-hybridized carbons (Fsp3) is 0.259. The molecule has 4 aromatic rings. The topological polar surface area (TPSA) is 24.5 Å². The SMILES string of the molecule is c1ccc(COc2cccc(C(c3csc4ccccc34)N3CCCNCC3)c2)cc1. The van der Waals surface area contributed by atoms with Crippen molar-refractivity contribution in [2.45, 2.75) is 19.1 Å². The molecule has 1 saturated heterocycles. The summed E-state index contributed by atoms with van der Waals surface area (Å²) in [5.74, 6) is 0.929. The molecule has 5 rings (SSSR count). The van der Waals surface area contributed by atoms with Gasteiger partial charge in [-0.1, -0.05) is 60.7 Å². The molecule has 0 spiro atoms. The lowest BCUT2D eigenvalue weighted by Crippen LogP contribution is -2.32. The summed E-state index contributed by atoms with van der Waals surface area (Å²) in [5, 5.41) is 7.27. The first-order chi connectivity index (χ1) is 15.4. The van der Waals surface area contributed by atoms with Crippen LogP contribution in [0.3, 0.4) is 0 Å². The Bertz CT molecular complexity index is 1120. The lowest BCUT2D eigenvalue weighted by molar-refractivity contribution is 0.241. The van der Waals surface area contributed by atoms with Crippen LogP contribution in [0.2, 0.25) is 0 Å². The number of nitrogens with zero attached hydrogens (tertiary/aromatic N) is 1. The number of thiophene rings is 1. The van der Waals surface area contributed by atoms with Gasteiger partial charge in [-0.15, -0.1) is 11.3 Å². The highest BCUT2D eigenvalue weighted by Crippen LogP contribution is 2.38. The minimum atomic E-state index is 0.233. The second-order valence-electron chi connectivity index (χ2n) is 8.08. The first kappa shape index (κ1) is 20.3. The summed E-state index contributed by atoms with van der Waals surface area (Å²) in [5.41, 5.74) is 3.89. The van der Waals surface area contributed by atoms with E-state index in [1.54, 1.807) is 0 Å². The van der Waals surface area contributed by atoms with Crippen LogP contribution in [-0.4, -0.2) is 31.1 Å². The summed E-state index contributed by atoms with van der Waals surface area (Å²) in [7, 11) is 0.